The number of hydrogen-bond acceptors (Lipinski definition) is 4. The minimum atomic E-state index is 0.349. The van der Waals surface area contributed by atoms with Gasteiger partial charge in [-0.3, -0.25) is 4.40 Å². The summed E-state index contributed by atoms with van der Waals surface area (Å²) in [5, 5.41) is 2.38. The van der Waals surface area contributed by atoms with E-state index in [-0.39, 0.29) is 0 Å². The summed E-state index contributed by atoms with van der Waals surface area (Å²) < 4.78 is 8.32. The van der Waals surface area contributed by atoms with E-state index < -0.39 is 0 Å². The van der Waals surface area contributed by atoms with Crippen LogP contribution in [0.15, 0.2) is 67.1 Å². The molecule has 5 nitrogen and oxygen atoms in total. The van der Waals surface area contributed by atoms with E-state index in [0.29, 0.717) is 12.6 Å². The fraction of sp³-hybridized carbons (Fsp3) is 0.238. The largest absolute Gasteiger partial charge is 0.491 e. The van der Waals surface area contributed by atoms with Gasteiger partial charge in [0.25, 0.3) is 0 Å². The Balaban J connectivity index is 1.40. The zero-order chi connectivity index (χ0) is 17.3. The number of nitrogens with zero attached hydrogens (tertiary/aromatic N) is 4. The molecular weight excluding hydrogens is 324 g/mol. The first-order valence-electron chi connectivity index (χ1n) is 9.05. The minimum Gasteiger partial charge on any atom is -0.491 e. The molecule has 1 atom stereocenters. The van der Waals surface area contributed by atoms with Gasteiger partial charge in [-0.25, -0.2) is 9.97 Å². The third-order valence-corrected chi connectivity index (χ3v) is 5.13. The fourth-order valence-electron chi connectivity index (χ4n) is 3.87. The van der Waals surface area contributed by atoms with E-state index in [2.05, 4.69) is 67.8 Å². The van der Waals surface area contributed by atoms with Crippen LogP contribution in [-0.4, -0.2) is 33.6 Å². The third-order valence-electron chi connectivity index (χ3n) is 5.13. The zero-order valence-electron chi connectivity index (χ0n) is 14.5. The normalized spacial score (nSPS) is 17.2. The number of aromatic nitrogens is 3. The molecule has 26 heavy (non-hydrogen) atoms. The molecular formula is C21H20N4O. The molecule has 3 heterocycles. The summed E-state index contributed by atoms with van der Waals surface area (Å²) in [4.78, 5) is 11.0. The Morgan fingerprint density at radius 2 is 1.88 bits per heavy atom. The number of ether oxygens (including phenoxy) is 1. The van der Waals surface area contributed by atoms with Crippen molar-refractivity contribution in [2.75, 3.05) is 18.1 Å². The van der Waals surface area contributed by atoms with E-state index in [4.69, 9.17) is 4.74 Å². The average molecular weight is 344 g/mol. The van der Waals surface area contributed by atoms with E-state index in [1.54, 1.807) is 6.20 Å². The summed E-state index contributed by atoms with van der Waals surface area (Å²) in [6, 6.07) is 17.0. The molecule has 2 aromatic carbocycles. The van der Waals surface area contributed by atoms with Crippen LogP contribution in [0.3, 0.4) is 0 Å². The SMILES string of the molecule is c1ccc2c(OC[C@H]3CCCN3c3ccnc4nccn34)cccc2c1. The van der Waals surface area contributed by atoms with Gasteiger partial charge in [-0.1, -0.05) is 36.4 Å². The highest BCUT2D eigenvalue weighted by Gasteiger charge is 2.27. The lowest BCUT2D eigenvalue weighted by Crippen LogP contribution is -2.35. The van der Waals surface area contributed by atoms with Gasteiger partial charge in [0.1, 0.15) is 18.2 Å². The fourth-order valence-corrected chi connectivity index (χ4v) is 3.87. The lowest BCUT2D eigenvalue weighted by Gasteiger charge is -2.27. The molecule has 0 unspecified atom stereocenters. The van der Waals surface area contributed by atoms with E-state index in [1.807, 2.05) is 12.4 Å². The molecule has 4 aromatic rings. The van der Waals surface area contributed by atoms with Gasteiger partial charge in [0, 0.05) is 30.5 Å². The summed E-state index contributed by atoms with van der Waals surface area (Å²) in [5.74, 6) is 2.83. The summed E-state index contributed by atoms with van der Waals surface area (Å²) >= 11 is 0. The first-order valence-corrected chi connectivity index (χ1v) is 9.05. The van der Waals surface area contributed by atoms with Crippen LogP contribution >= 0.6 is 0 Å². The van der Waals surface area contributed by atoms with Crippen molar-refractivity contribution in [2.45, 2.75) is 18.9 Å². The quantitative estimate of drug-likeness (QED) is 0.562. The standard InChI is InChI=1S/C21H20N4O/c1-2-8-18-16(5-1)6-3-9-19(18)26-15-17-7-4-13-24(17)20-10-11-22-21-23-12-14-25(20)21/h1-3,5-6,8-12,14,17H,4,7,13,15H2/t17-/m1/s1. The molecule has 0 saturated carbocycles. The Morgan fingerprint density at radius 3 is 2.88 bits per heavy atom. The van der Waals surface area contributed by atoms with Gasteiger partial charge in [-0.2, -0.15) is 0 Å². The van der Waals surface area contributed by atoms with Crippen molar-refractivity contribution in [1.82, 2.24) is 14.4 Å². The van der Waals surface area contributed by atoms with E-state index in [9.17, 15) is 0 Å². The van der Waals surface area contributed by atoms with Crippen molar-refractivity contribution in [1.29, 1.82) is 0 Å². The smallest absolute Gasteiger partial charge is 0.235 e. The number of rotatable bonds is 4. The Hall–Kier alpha value is -3.08. The first-order chi connectivity index (χ1) is 12.9. The minimum absolute atomic E-state index is 0.349. The summed E-state index contributed by atoms with van der Waals surface area (Å²) in [6.45, 7) is 1.70. The van der Waals surface area contributed by atoms with E-state index in [0.717, 1.165) is 30.3 Å². The van der Waals surface area contributed by atoms with Crippen LogP contribution in [0.2, 0.25) is 0 Å². The van der Waals surface area contributed by atoms with Crippen molar-refractivity contribution in [3.63, 3.8) is 0 Å². The Morgan fingerprint density at radius 1 is 1.00 bits per heavy atom. The molecule has 2 aromatic heterocycles. The van der Waals surface area contributed by atoms with Crippen LogP contribution < -0.4 is 9.64 Å². The second kappa shape index (κ2) is 6.33. The molecule has 130 valence electrons. The number of hydrogen-bond donors (Lipinski definition) is 0. The molecule has 0 radical (unpaired) electrons. The van der Waals surface area contributed by atoms with Gasteiger partial charge in [0.2, 0.25) is 5.78 Å². The summed E-state index contributed by atoms with van der Waals surface area (Å²) in [7, 11) is 0. The van der Waals surface area contributed by atoms with Crippen molar-refractivity contribution in [2.24, 2.45) is 0 Å². The molecule has 0 aliphatic carbocycles. The highest BCUT2D eigenvalue weighted by molar-refractivity contribution is 5.88. The van der Waals surface area contributed by atoms with Crippen molar-refractivity contribution >= 4 is 22.4 Å². The van der Waals surface area contributed by atoms with Crippen LogP contribution in [-0.2, 0) is 0 Å². The van der Waals surface area contributed by atoms with Gasteiger partial charge in [0.15, 0.2) is 0 Å². The van der Waals surface area contributed by atoms with Crippen molar-refractivity contribution in [3.8, 4) is 5.75 Å². The molecule has 1 aliphatic rings. The third kappa shape index (κ3) is 2.56. The molecule has 1 saturated heterocycles. The van der Waals surface area contributed by atoms with E-state index >= 15 is 0 Å². The molecule has 1 aliphatic heterocycles. The van der Waals surface area contributed by atoms with Crippen molar-refractivity contribution in [3.05, 3.63) is 67.1 Å². The molecule has 0 amide bonds. The first kappa shape index (κ1) is 15.2. The van der Waals surface area contributed by atoms with Crippen LogP contribution in [0.25, 0.3) is 16.6 Å². The predicted molar refractivity (Wildman–Crippen MR) is 103 cm³/mol. The maximum absolute atomic E-state index is 6.27. The lowest BCUT2D eigenvalue weighted by molar-refractivity contribution is 0.291. The monoisotopic (exact) mass is 344 g/mol. The molecule has 5 heteroatoms. The molecule has 0 N–H and O–H groups in total. The molecule has 0 spiro atoms. The average Bonchev–Trinajstić information content (AvgIpc) is 3.35. The topological polar surface area (TPSA) is 42.7 Å². The summed E-state index contributed by atoms with van der Waals surface area (Å²) in [5.41, 5.74) is 0. The maximum atomic E-state index is 6.27. The molecule has 5 rings (SSSR count). The molecule has 0 bridgehead atoms. The number of benzene rings is 2. The van der Waals surface area contributed by atoms with E-state index in [1.165, 1.54) is 17.2 Å². The van der Waals surface area contributed by atoms with Crippen LogP contribution in [0.5, 0.6) is 5.75 Å². The van der Waals surface area contributed by atoms with Gasteiger partial charge in [-0.15, -0.1) is 0 Å². The van der Waals surface area contributed by atoms with Gasteiger partial charge < -0.3 is 9.64 Å². The number of imidazole rings is 1. The zero-order valence-corrected chi connectivity index (χ0v) is 14.5. The van der Waals surface area contributed by atoms with Crippen LogP contribution in [0.1, 0.15) is 12.8 Å². The number of fused-ring (bicyclic) bond motifs is 2. The maximum Gasteiger partial charge on any atom is 0.235 e. The van der Waals surface area contributed by atoms with Crippen LogP contribution in [0, 0.1) is 0 Å². The highest BCUT2D eigenvalue weighted by atomic mass is 16.5. The van der Waals surface area contributed by atoms with Crippen LogP contribution in [0.4, 0.5) is 5.82 Å². The Kier molecular flexibility index (Phi) is 3.70. The molecule has 1 fully saturated rings. The van der Waals surface area contributed by atoms with Gasteiger partial charge in [-0.05, 0) is 30.4 Å². The van der Waals surface area contributed by atoms with Gasteiger partial charge in [0.05, 0.1) is 6.04 Å². The number of anilines is 1. The lowest BCUT2D eigenvalue weighted by atomic mass is 10.1. The second-order valence-corrected chi connectivity index (χ2v) is 6.68. The Labute approximate surface area is 151 Å². The second-order valence-electron chi connectivity index (χ2n) is 6.68. The predicted octanol–water partition coefficient (Wildman–Crippen LogP) is 3.93. The van der Waals surface area contributed by atoms with Gasteiger partial charge >= 0.3 is 0 Å². The summed E-state index contributed by atoms with van der Waals surface area (Å²) in [6.07, 6.45) is 7.89. The van der Waals surface area contributed by atoms with Crippen molar-refractivity contribution < 1.29 is 4.74 Å². The highest BCUT2D eigenvalue weighted by Crippen LogP contribution is 2.29. The Bertz CT molecular complexity index is 1050.